The normalized spacial score (nSPS) is 14.6. The van der Waals surface area contributed by atoms with Gasteiger partial charge in [0.2, 0.25) is 0 Å². The Morgan fingerprint density at radius 2 is 2.35 bits per heavy atom. The highest BCUT2D eigenvalue weighted by Crippen LogP contribution is 2.18. The van der Waals surface area contributed by atoms with Crippen molar-refractivity contribution in [2.45, 2.75) is 26.3 Å². The van der Waals surface area contributed by atoms with E-state index < -0.39 is 0 Å². The quantitative estimate of drug-likeness (QED) is 0.880. The molecule has 0 radical (unpaired) electrons. The highest BCUT2D eigenvalue weighted by atomic mass is 32.1. The predicted octanol–water partition coefficient (Wildman–Crippen LogP) is 2.08. The van der Waals surface area contributed by atoms with Gasteiger partial charge in [-0.15, -0.1) is 11.3 Å². The third-order valence-corrected chi connectivity index (χ3v) is 3.98. The second kappa shape index (κ2) is 4.55. The lowest BCUT2D eigenvalue weighted by atomic mass is 10.1. The van der Waals surface area contributed by atoms with E-state index in [0.29, 0.717) is 0 Å². The van der Waals surface area contributed by atoms with Crippen LogP contribution in [0.25, 0.3) is 0 Å². The molecule has 0 saturated carbocycles. The van der Waals surface area contributed by atoms with Crippen molar-refractivity contribution in [3.8, 4) is 0 Å². The number of aromatic nitrogens is 2. The molecule has 0 bridgehead atoms. The molecule has 2 aromatic rings. The molecule has 3 nitrogen and oxygen atoms in total. The van der Waals surface area contributed by atoms with Crippen molar-refractivity contribution in [3.63, 3.8) is 0 Å². The number of thiophene rings is 1. The molecule has 0 amide bonds. The maximum Gasteiger partial charge on any atom is 0.134 e. The van der Waals surface area contributed by atoms with E-state index in [2.05, 4.69) is 34.7 Å². The van der Waals surface area contributed by atoms with Gasteiger partial charge in [-0.3, -0.25) is 0 Å². The molecule has 3 rings (SSSR count). The molecule has 0 aromatic carbocycles. The van der Waals surface area contributed by atoms with Crippen molar-refractivity contribution in [2.24, 2.45) is 0 Å². The van der Waals surface area contributed by atoms with Crippen LogP contribution in [0.2, 0.25) is 0 Å². The number of hydrogen-bond donors (Lipinski definition) is 1. The van der Waals surface area contributed by atoms with Gasteiger partial charge in [-0.1, -0.05) is 6.07 Å². The Bertz CT molecular complexity index is 520. The largest absolute Gasteiger partial charge is 0.312 e. The van der Waals surface area contributed by atoms with Crippen LogP contribution in [0.1, 0.15) is 27.7 Å². The maximum atomic E-state index is 4.70. The molecule has 1 aliphatic heterocycles. The van der Waals surface area contributed by atoms with Crippen LogP contribution < -0.4 is 5.32 Å². The molecule has 0 fully saturated rings. The summed E-state index contributed by atoms with van der Waals surface area (Å²) in [5.41, 5.74) is 3.67. The Morgan fingerprint density at radius 1 is 1.41 bits per heavy atom. The minimum atomic E-state index is 0.860. The zero-order chi connectivity index (χ0) is 11.7. The summed E-state index contributed by atoms with van der Waals surface area (Å²) < 4.78 is 0. The molecule has 17 heavy (non-hydrogen) atoms. The summed E-state index contributed by atoms with van der Waals surface area (Å²) in [5.74, 6) is 0.964. The van der Waals surface area contributed by atoms with Crippen molar-refractivity contribution in [2.75, 3.05) is 6.54 Å². The van der Waals surface area contributed by atoms with Gasteiger partial charge in [-0.25, -0.2) is 9.97 Å². The zero-order valence-electron chi connectivity index (χ0n) is 9.86. The van der Waals surface area contributed by atoms with Crippen LogP contribution in [0, 0.1) is 6.92 Å². The van der Waals surface area contributed by atoms with Crippen LogP contribution in [0.5, 0.6) is 0 Å². The first-order valence-electron chi connectivity index (χ1n) is 5.91. The molecule has 1 N–H and O–H groups in total. The molecule has 2 aromatic heterocycles. The van der Waals surface area contributed by atoms with E-state index in [1.165, 1.54) is 16.1 Å². The third-order valence-electron chi connectivity index (χ3n) is 3.10. The van der Waals surface area contributed by atoms with E-state index >= 15 is 0 Å². The fourth-order valence-electron chi connectivity index (χ4n) is 2.22. The van der Waals surface area contributed by atoms with Gasteiger partial charge >= 0.3 is 0 Å². The lowest BCUT2D eigenvalue weighted by Gasteiger charge is -2.18. The van der Waals surface area contributed by atoms with Crippen molar-refractivity contribution in [1.29, 1.82) is 0 Å². The van der Waals surface area contributed by atoms with Gasteiger partial charge in [0, 0.05) is 42.1 Å². The molecule has 3 heterocycles. The molecule has 1 aliphatic rings. The summed E-state index contributed by atoms with van der Waals surface area (Å²) >= 11 is 1.77. The van der Waals surface area contributed by atoms with Crippen LogP contribution in [-0.2, 0) is 19.4 Å². The second-order valence-corrected chi connectivity index (χ2v) is 5.37. The summed E-state index contributed by atoms with van der Waals surface area (Å²) in [7, 11) is 0. The summed E-state index contributed by atoms with van der Waals surface area (Å²) in [6.45, 7) is 4.04. The molecule has 0 atom stereocenters. The summed E-state index contributed by atoms with van der Waals surface area (Å²) in [6.07, 6.45) is 1.88. The van der Waals surface area contributed by atoms with Gasteiger partial charge in [0.25, 0.3) is 0 Å². The molecule has 4 heteroatoms. The Hall–Kier alpha value is -1.26. The number of nitrogens with zero attached hydrogens (tertiary/aromatic N) is 2. The van der Waals surface area contributed by atoms with E-state index in [9.17, 15) is 0 Å². The summed E-state index contributed by atoms with van der Waals surface area (Å²) in [5, 5.41) is 5.47. The van der Waals surface area contributed by atoms with E-state index in [-0.39, 0.29) is 0 Å². The van der Waals surface area contributed by atoms with Crippen LogP contribution in [0.15, 0.2) is 17.5 Å². The first-order chi connectivity index (χ1) is 8.33. The third kappa shape index (κ3) is 2.23. The average molecular weight is 245 g/mol. The lowest BCUT2D eigenvalue weighted by molar-refractivity contribution is 0.616. The number of aryl methyl sites for hydroxylation is 1. The first-order valence-corrected chi connectivity index (χ1v) is 6.79. The predicted molar refractivity (Wildman–Crippen MR) is 69.3 cm³/mol. The van der Waals surface area contributed by atoms with Gasteiger partial charge in [-0.2, -0.15) is 0 Å². The van der Waals surface area contributed by atoms with E-state index in [1.807, 2.05) is 0 Å². The van der Waals surface area contributed by atoms with Gasteiger partial charge < -0.3 is 5.32 Å². The van der Waals surface area contributed by atoms with Crippen LogP contribution in [0.4, 0.5) is 0 Å². The lowest BCUT2D eigenvalue weighted by Crippen LogP contribution is -2.26. The zero-order valence-corrected chi connectivity index (χ0v) is 10.7. The highest BCUT2D eigenvalue weighted by Gasteiger charge is 2.15. The second-order valence-electron chi connectivity index (χ2n) is 4.33. The Kier molecular flexibility index (Phi) is 2.91. The van der Waals surface area contributed by atoms with E-state index in [0.717, 1.165) is 37.4 Å². The molecule has 88 valence electrons. The van der Waals surface area contributed by atoms with Crippen molar-refractivity contribution >= 4 is 11.3 Å². The van der Waals surface area contributed by atoms with Gasteiger partial charge in [0.15, 0.2) is 0 Å². The monoisotopic (exact) mass is 245 g/mol. The van der Waals surface area contributed by atoms with Gasteiger partial charge in [0.1, 0.15) is 5.82 Å². The van der Waals surface area contributed by atoms with Crippen molar-refractivity contribution < 1.29 is 0 Å². The minimum Gasteiger partial charge on any atom is -0.312 e. The molecular formula is C13H15N3S. The van der Waals surface area contributed by atoms with Gasteiger partial charge in [-0.05, 0) is 18.4 Å². The molecule has 0 spiro atoms. The molecule has 0 aliphatic carbocycles. The van der Waals surface area contributed by atoms with E-state index in [1.54, 1.807) is 11.3 Å². The first kappa shape index (κ1) is 10.9. The summed E-state index contributed by atoms with van der Waals surface area (Å²) in [4.78, 5) is 10.7. The smallest absolute Gasteiger partial charge is 0.134 e. The number of rotatable bonds is 2. The minimum absolute atomic E-state index is 0.860. The molecular weight excluding hydrogens is 230 g/mol. The number of nitrogens with one attached hydrogen (secondary N) is 1. The molecule has 0 unspecified atom stereocenters. The Labute approximate surface area is 105 Å². The Morgan fingerprint density at radius 3 is 3.18 bits per heavy atom. The summed E-state index contributed by atoms with van der Waals surface area (Å²) in [6, 6.07) is 4.22. The number of hydrogen-bond acceptors (Lipinski definition) is 4. The Balaban J connectivity index is 1.93. The van der Waals surface area contributed by atoms with Gasteiger partial charge in [0.05, 0.1) is 5.69 Å². The highest BCUT2D eigenvalue weighted by molar-refractivity contribution is 7.09. The maximum absolute atomic E-state index is 4.70. The van der Waals surface area contributed by atoms with Crippen LogP contribution in [-0.4, -0.2) is 16.5 Å². The van der Waals surface area contributed by atoms with Crippen molar-refractivity contribution in [1.82, 2.24) is 15.3 Å². The van der Waals surface area contributed by atoms with Crippen molar-refractivity contribution in [3.05, 3.63) is 45.2 Å². The SMILES string of the molecule is Cc1nc(Cc2cccs2)nc2c1CNCC2. The van der Waals surface area contributed by atoms with Crippen LogP contribution >= 0.6 is 11.3 Å². The van der Waals surface area contributed by atoms with E-state index in [4.69, 9.17) is 4.98 Å². The average Bonchev–Trinajstić information content (AvgIpc) is 2.82. The fraction of sp³-hybridized carbons (Fsp3) is 0.385. The topological polar surface area (TPSA) is 37.8 Å². The molecule has 0 saturated heterocycles. The number of fused-ring (bicyclic) bond motifs is 1. The standard InChI is InChI=1S/C13H15N3S/c1-9-11-8-14-5-4-12(11)16-13(15-9)7-10-3-2-6-17-10/h2-3,6,14H,4-5,7-8H2,1H3. The van der Waals surface area contributed by atoms with Crippen LogP contribution in [0.3, 0.4) is 0 Å². The fourth-order valence-corrected chi connectivity index (χ4v) is 2.92.